The average Bonchev–Trinajstić information content (AvgIpc) is 2.85. The van der Waals surface area contributed by atoms with E-state index in [-0.39, 0.29) is 5.75 Å². The van der Waals surface area contributed by atoms with Crippen LogP contribution in [0.25, 0.3) is 0 Å². The molecule has 0 atom stereocenters. The average molecular weight is 268 g/mol. The summed E-state index contributed by atoms with van der Waals surface area (Å²) in [5.41, 5.74) is 0.757. The zero-order valence-electron chi connectivity index (χ0n) is 9.95. The van der Waals surface area contributed by atoms with E-state index in [1.165, 1.54) is 0 Å². The summed E-state index contributed by atoms with van der Waals surface area (Å²) in [4.78, 5) is 10.5. The number of thioether (sulfide) groups is 1. The highest BCUT2D eigenvalue weighted by Gasteiger charge is 2.13. The van der Waals surface area contributed by atoms with Gasteiger partial charge in [-0.3, -0.25) is 4.79 Å². The molecule has 2 aromatic rings. The van der Waals surface area contributed by atoms with Gasteiger partial charge < -0.3 is 14.2 Å². The summed E-state index contributed by atoms with van der Waals surface area (Å²) in [6, 6.07) is 1.82. The van der Waals surface area contributed by atoms with Crippen molar-refractivity contribution in [1.82, 2.24) is 19.9 Å². The normalized spacial score (nSPS) is 10.8. The van der Waals surface area contributed by atoms with Crippen LogP contribution in [0.2, 0.25) is 0 Å². The molecular weight excluding hydrogens is 256 g/mol. The molecule has 18 heavy (non-hydrogen) atoms. The number of rotatable bonds is 5. The summed E-state index contributed by atoms with van der Waals surface area (Å²) in [7, 11) is 0. The Kier molecular flexibility index (Phi) is 3.66. The lowest BCUT2D eigenvalue weighted by Gasteiger charge is -2.04. The first-order valence-corrected chi connectivity index (χ1v) is 6.21. The van der Waals surface area contributed by atoms with Crippen molar-refractivity contribution in [3.05, 3.63) is 23.3 Å². The van der Waals surface area contributed by atoms with Crippen LogP contribution in [-0.2, 0) is 11.3 Å². The second kappa shape index (κ2) is 5.21. The van der Waals surface area contributed by atoms with Crippen molar-refractivity contribution in [2.45, 2.75) is 25.5 Å². The van der Waals surface area contributed by atoms with Gasteiger partial charge in [-0.05, 0) is 13.8 Å². The number of carboxylic acids is 1. The summed E-state index contributed by atoms with van der Waals surface area (Å²) >= 11 is 1.13. The standard InChI is InChI=1S/C10H12N4O3S/c1-6-3-8(13-17-6)4-14-7(2)11-12-10(14)18-5-9(15)16/h3H,4-5H2,1-2H3,(H,15,16). The van der Waals surface area contributed by atoms with Gasteiger partial charge in [-0.25, -0.2) is 0 Å². The van der Waals surface area contributed by atoms with Crippen LogP contribution in [0.15, 0.2) is 15.7 Å². The maximum atomic E-state index is 10.5. The van der Waals surface area contributed by atoms with E-state index in [4.69, 9.17) is 9.63 Å². The highest BCUT2D eigenvalue weighted by Crippen LogP contribution is 2.18. The number of aliphatic carboxylic acids is 1. The van der Waals surface area contributed by atoms with E-state index >= 15 is 0 Å². The fourth-order valence-electron chi connectivity index (χ4n) is 1.43. The molecule has 7 nitrogen and oxygen atoms in total. The molecule has 1 N–H and O–H groups in total. The fraction of sp³-hybridized carbons (Fsp3) is 0.400. The van der Waals surface area contributed by atoms with E-state index in [9.17, 15) is 4.79 Å². The Hall–Kier alpha value is -1.83. The van der Waals surface area contributed by atoms with Crippen LogP contribution in [0, 0.1) is 13.8 Å². The molecule has 0 saturated heterocycles. The molecule has 0 spiro atoms. The summed E-state index contributed by atoms with van der Waals surface area (Å²) in [6.45, 7) is 4.10. The molecule has 2 rings (SSSR count). The minimum Gasteiger partial charge on any atom is -0.481 e. The molecule has 0 saturated carbocycles. The molecule has 8 heteroatoms. The van der Waals surface area contributed by atoms with Crippen molar-refractivity contribution in [1.29, 1.82) is 0 Å². The molecule has 0 unspecified atom stereocenters. The van der Waals surface area contributed by atoms with Gasteiger partial charge in [0.2, 0.25) is 0 Å². The number of hydrogen-bond donors (Lipinski definition) is 1. The third-order valence-electron chi connectivity index (χ3n) is 2.22. The smallest absolute Gasteiger partial charge is 0.313 e. The monoisotopic (exact) mass is 268 g/mol. The molecule has 2 heterocycles. The topological polar surface area (TPSA) is 94.0 Å². The number of hydrogen-bond acceptors (Lipinski definition) is 6. The van der Waals surface area contributed by atoms with Gasteiger partial charge in [0.05, 0.1) is 12.3 Å². The minimum absolute atomic E-state index is 0.0457. The fourth-order valence-corrected chi connectivity index (χ4v) is 2.13. The van der Waals surface area contributed by atoms with E-state index in [1.807, 2.05) is 24.5 Å². The van der Waals surface area contributed by atoms with Gasteiger partial charge in [0.15, 0.2) is 5.16 Å². The van der Waals surface area contributed by atoms with Gasteiger partial charge in [0.1, 0.15) is 17.3 Å². The van der Waals surface area contributed by atoms with Crippen LogP contribution in [0.3, 0.4) is 0 Å². The van der Waals surface area contributed by atoms with Gasteiger partial charge >= 0.3 is 5.97 Å². The Morgan fingerprint density at radius 1 is 1.50 bits per heavy atom. The molecule has 0 aromatic carbocycles. The van der Waals surface area contributed by atoms with Crippen LogP contribution in [0.4, 0.5) is 0 Å². The van der Waals surface area contributed by atoms with E-state index in [2.05, 4.69) is 15.4 Å². The number of carbonyl (C=O) groups is 1. The highest BCUT2D eigenvalue weighted by molar-refractivity contribution is 7.99. The molecule has 0 aliphatic rings. The van der Waals surface area contributed by atoms with E-state index in [0.29, 0.717) is 17.5 Å². The van der Waals surface area contributed by atoms with Gasteiger partial charge in [-0.2, -0.15) is 0 Å². The predicted molar refractivity (Wildman–Crippen MR) is 63.5 cm³/mol. The summed E-state index contributed by atoms with van der Waals surface area (Å²) in [6.07, 6.45) is 0. The van der Waals surface area contributed by atoms with Crippen molar-refractivity contribution < 1.29 is 14.4 Å². The quantitative estimate of drug-likeness (QED) is 0.811. The maximum Gasteiger partial charge on any atom is 0.313 e. The number of carboxylic acid groups (broad SMARTS) is 1. The Labute approximate surface area is 107 Å². The molecule has 0 radical (unpaired) electrons. The number of nitrogens with zero attached hydrogens (tertiary/aromatic N) is 4. The molecule has 0 aliphatic carbocycles. The van der Waals surface area contributed by atoms with E-state index < -0.39 is 5.97 Å². The predicted octanol–water partition coefficient (Wildman–Crippen LogP) is 1.11. The second-order valence-electron chi connectivity index (χ2n) is 3.73. The Balaban J connectivity index is 2.16. The first-order valence-electron chi connectivity index (χ1n) is 5.23. The molecule has 0 aliphatic heterocycles. The third kappa shape index (κ3) is 2.89. The van der Waals surface area contributed by atoms with Crippen LogP contribution in [0.5, 0.6) is 0 Å². The van der Waals surface area contributed by atoms with Crippen molar-refractivity contribution in [3.8, 4) is 0 Å². The Morgan fingerprint density at radius 2 is 2.28 bits per heavy atom. The van der Waals surface area contributed by atoms with Crippen molar-refractivity contribution in [2.75, 3.05) is 5.75 Å². The lowest BCUT2D eigenvalue weighted by atomic mass is 10.4. The van der Waals surface area contributed by atoms with Crippen LogP contribution in [0.1, 0.15) is 17.3 Å². The highest BCUT2D eigenvalue weighted by atomic mass is 32.2. The lowest BCUT2D eigenvalue weighted by molar-refractivity contribution is -0.133. The van der Waals surface area contributed by atoms with Crippen molar-refractivity contribution in [2.24, 2.45) is 0 Å². The SMILES string of the molecule is Cc1cc(Cn2c(C)nnc2SCC(=O)O)no1. The molecule has 96 valence electrons. The van der Waals surface area contributed by atoms with Gasteiger partial charge in [-0.1, -0.05) is 16.9 Å². The van der Waals surface area contributed by atoms with Gasteiger partial charge in [0, 0.05) is 6.07 Å². The third-order valence-corrected chi connectivity index (χ3v) is 3.17. The zero-order valence-corrected chi connectivity index (χ0v) is 10.8. The molecular formula is C10H12N4O3S. The molecule has 0 bridgehead atoms. The second-order valence-corrected chi connectivity index (χ2v) is 4.67. The Bertz CT molecular complexity index is 563. The van der Waals surface area contributed by atoms with Crippen LogP contribution in [-0.4, -0.2) is 36.7 Å². The first kappa shape index (κ1) is 12.6. The van der Waals surface area contributed by atoms with Crippen LogP contribution >= 0.6 is 11.8 Å². The molecule has 2 aromatic heterocycles. The Morgan fingerprint density at radius 3 is 2.89 bits per heavy atom. The summed E-state index contributed by atoms with van der Waals surface area (Å²) < 4.78 is 6.80. The molecule has 0 fully saturated rings. The van der Waals surface area contributed by atoms with Gasteiger partial charge in [-0.15, -0.1) is 10.2 Å². The minimum atomic E-state index is -0.885. The lowest BCUT2D eigenvalue weighted by Crippen LogP contribution is -2.06. The maximum absolute atomic E-state index is 10.5. The summed E-state index contributed by atoms with van der Waals surface area (Å²) in [5.74, 6) is 0.513. The van der Waals surface area contributed by atoms with E-state index in [0.717, 1.165) is 23.2 Å². The van der Waals surface area contributed by atoms with Crippen molar-refractivity contribution >= 4 is 17.7 Å². The number of aryl methyl sites for hydroxylation is 2. The zero-order chi connectivity index (χ0) is 13.1. The van der Waals surface area contributed by atoms with Crippen LogP contribution < -0.4 is 0 Å². The number of aromatic nitrogens is 4. The van der Waals surface area contributed by atoms with Gasteiger partial charge in [0.25, 0.3) is 0 Å². The van der Waals surface area contributed by atoms with Crippen molar-refractivity contribution in [3.63, 3.8) is 0 Å². The summed E-state index contributed by atoms with van der Waals surface area (Å²) in [5, 5.41) is 21.0. The largest absolute Gasteiger partial charge is 0.481 e. The van der Waals surface area contributed by atoms with E-state index in [1.54, 1.807) is 0 Å². The molecule has 0 amide bonds. The first-order chi connectivity index (χ1) is 8.56.